The van der Waals surface area contributed by atoms with Crippen LogP contribution in [0.5, 0.6) is 5.75 Å². The molecule has 2 aromatic carbocycles. The molecule has 0 unspecified atom stereocenters. The van der Waals surface area contributed by atoms with Crippen molar-refractivity contribution in [3.8, 4) is 5.75 Å². The van der Waals surface area contributed by atoms with Crippen LogP contribution in [0.15, 0.2) is 77.8 Å². The molecule has 2 amide bonds. The van der Waals surface area contributed by atoms with E-state index in [-0.39, 0.29) is 47.9 Å². The summed E-state index contributed by atoms with van der Waals surface area (Å²) in [5.41, 5.74) is 1.30. The summed E-state index contributed by atoms with van der Waals surface area (Å²) in [6.07, 6.45) is 1.31. The number of fused-ring (bicyclic) bond motifs is 1. The van der Waals surface area contributed by atoms with E-state index in [1.165, 1.54) is 4.31 Å². The van der Waals surface area contributed by atoms with E-state index in [4.69, 9.17) is 9.47 Å². The molecule has 2 aliphatic rings. The Labute approximate surface area is 253 Å². The summed E-state index contributed by atoms with van der Waals surface area (Å²) < 4.78 is 39.7. The van der Waals surface area contributed by atoms with Gasteiger partial charge in [0.1, 0.15) is 11.4 Å². The third kappa shape index (κ3) is 7.34. The van der Waals surface area contributed by atoms with Crippen molar-refractivity contribution < 1.29 is 27.5 Å². The van der Waals surface area contributed by atoms with Crippen LogP contribution < -0.4 is 10.1 Å². The molecule has 3 atom stereocenters. The number of ether oxygens (including phenoxy) is 2. The van der Waals surface area contributed by atoms with Gasteiger partial charge in [0.15, 0.2) is 0 Å². The van der Waals surface area contributed by atoms with Gasteiger partial charge in [-0.25, -0.2) is 13.2 Å². The number of carbonyl (C=O) groups is 2. The Kier molecular flexibility index (Phi) is 8.75. The SMILES string of the molecule is CCOc1ccc(S(=O)(=O)N(Cc2ccc(C(=O)N[C@H]3[C@@H]4CN(C(=O)OC(C)(C)C)C[C@@H]43)cc2)Cc2ccccn2)cc1. The monoisotopic (exact) mass is 606 g/mol. The normalized spacial score (nSPS) is 19.6. The number of aromatic nitrogens is 1. The van der Waals surface area contributed by atoms with Crippen molar-refractivity contribution >= 4 is 22.0 Å². The number of sulfonamides is 1. The van der Waals surface area contributed by atoms with Crippen LogP contribution in [0, 0.1) is 11.8 Å². The fourth-order valence-corrected chi connectivity index (χ4v) is 6.74. The van der Waals surface area contributed by atoms with E-state index in [2.05, 4.69) is 10.3 Å². The van der Waals surface area contributed by atoms with Gasteiger partial charge in [0.25, 0.3) is 5.91 Å². The first kappa shape index (κ1) is 30.5. The quantitative estimate of drug-likeness (QED) is 0.362. The number of nitrogens with one attached hydrogen (secondary N) is 1. The maximum absolute atomic E-state index is 13.7. The molecule has 1 aliphatic heterocycles. The zero-order valence-electron chi connectivity index (χ0n) is 24.9. The molecule has 10 nitrogen and oxygen atoms in total. The first-order valence-corrected chi connectivity index (χ1v) is 15.9. The maximum atomic E-state index is 13.7. The largest absolute Gasteiger partial charge is 0.494 e. The van der Waals surface area contributed by atoms with Crippen LogP contribution in [0.4, 0.5) is 4.79 Å². The highest BCUT2D eigenvalue weighted by Gasteiger charge is 2.58. The first-order valence-electron chi connectivity index (χ1n) is 14.5. The Balaban J connectivity index is 1.22. The van der Waals surface area contributed by atoms with Crippen molar-refractivity contribution in [1.29, 1.82) is 0 Å². The Morgan fingerprint density at radius 1 is 0.977 bits per heavy atom. The van der Waals surface area contributed by atoms with Crippen molar-refractivity contribution in [2.24, 2.45) is 11.8 Å². The molecule has 3 aromatic rings. The molecule has 11 heteroatoms. The fraction of sp³-hybridized carbons (Fsp3) is 0.406. The third-order valence-electron chi connectivity index (χ3n) is 7.56. The van der Waals surface area contributed by atoms with Crippen LogP contribution in [0.3, 0.4) is 0 Å². The summed E-state index contributed by atoms with van der Waals surface area (Å²) in [5, 5.41) is 3.09. The Bertz CT molecular complexity index is 1530. The number of hydrogen-bond acceptors (Lipinski definition) is 7. The summed E-state index contributed by atoms with van der Waals surface area (Å²) in [5.74, 6) is 0.858. The lowest BCUT2D eigenvalue weighted by Gasteiger charge is -2.26. The maximum Gasteiger partial charge on any atom is 0.410 e. The van der Waals surface area contributed by atoms with Crippen LogP contribution >= 0.6 is 0 Å². The van der Waals surface area contributed by atoms with Gasteiger partial charge in [-0.3, -0.25) is 9.78 Å². The molecule has 1 saturated heterocycles. The van der Waals surface area contributed by atoms with Gasteiger partial charge in [-0.1, -0.05) is 18.2 Å². The average Bonchev–Trinajstić information content (AvgIpc) is 3.39. The van der Waals surface area contributed by atoms with Crippen molar-refractivity contribution in [1.82, 2.24) is 19.5 Å². The van der Waals surface area contributed by atoms with Crippen molar-refractivity contribution in [2.45, 2.75) is 57.3 Å². The lowest BCUT2D eigenvalue weighted by molar-refractivity contribution is 0.0270. The minimum absolute atomic E-state index is 0.0268. The van der Waals surface area contributed by atoms with Crippen LogP contribution in [-0.2, 0) is 27.8 Å². The number of pyridine rings is 1. The summed E-state index contributed by atoms with van der Waals surface area (Å²) in [4.78, 5) is 31.5. The van der Waals surface area contributed by atoms with E-state index in [0.29, 0.717) is 36.7 Å². The number of likely N-dealkylation sites (tertiary alicyclic amines) is 1. The number of piperidine rings is 1. The van der Waals surface area contributed by atoms with Gasteiger partial charge in [0.05, 0.1) is 23.7 Å². The van der Waals surface area contributed by atoms with Gasteiger partial charge >= 0.3 is 6.09 Å². The molecule has 1 aliphatic carbocycles. The van der Waals surface area contributed by atoms with E-state index in [1.54, 1.807) is 71.8 Å². The lowest BCUT2D eigenvalue weighted by atomic mass is 10.1. The van der Waals surface area contributed by atoms with E-state index in [9.17, 15) is 18.0 Å². The number of hydrogen-bond donors (Lipinski definition) is 1. The van der Waals surface area contributed by atoms with Crippen molar-refractivity contribution in [2.75, 3.05) is 19.7 Å². The molecule has 0 radical (unpaired) electrons. The number of nitrogens with zero attached hydrogens (tertiary/aromatic N) is 3. The number of benzene rings is 2. The van der Waals surface area contributed by atoms with Gasteiger partial charge in [-0.15, -0.1) is 0 Å². The predicted molar refractivity (Wildman–Crippen MR) is 161 cm³/mol. The Morgan fingerprint density at radius 3 is 2.23 bits per heavy atom. The second-order valence-electron chi connectivity index (χ2n) is 11.9. The molecular weight excluding hydrogens is 568 g/mol. The van der Waals surface area contributed by atoms with Crippen LogP contribution in [0.1, 0.15) is 49.3 Å². The molecule has 228 valence electrons. The number of carbonyl (C=O) groups excluding carboxylic acids is 2. The average molecular weight is 607 g/mol. The molecular formula is C32H38N4O6S. The fourth-order valence-electron chi connectivity index (χ4n) is 5.34. The molecule has 0 bridgehead atoms. The molecule has 1 saturated carbocycles. The first-order chi connectivity index (χ1) is 20.4. The standard InChI is InChI=1S/C32H38N4O6S/c1-5-41-25-13-15-26(16-14-25)43(39,40)36(19-24-8-6-7-17-33-24)18-22-9-11-23(12-10-22)30(37)34-29-27-20-35(21-28(27)29)31(38)42-32(2,3)4/h6-17,27-29H,5,18-21H2,1-4H3,(H,34,37)/t27-,28+,29+. The number of rotatable bonds is 10. The van der Waals surface area contributed by atoms with E-state index in [1.807, 2.05) is 33.8 Å². The van der Waals surface area contributed by atoms with Gasteiger partial charge < -0.3 is 19.7 Å². The molecule has 5 rings (SSSR count). The van der Waals surface area contributed by atoms with Crippen LogP contribution in [0.2, 0.25) is 0 Å². The molecule has 0 spiro atoms. The van der Waals surface area contributed by atoms with E-state index in [0.717, 1.165) is 5.56 Å². The zero-order valence-corrected chi connectivity index (χ0v) is 25.7. The van der Waals surface area contributed by atoms with Crippen LogP contribution in [0.25, 0.3) is 0 Å². The summed E-state index contributed by atoms with van der Waals surface area (Å²) in [6, 6.07) is 18.7. The lowest BCUT2D eigenvalue weighted by Crippen LogP contribution is -2.40. The molecule has 43 heavy (non-hydrogen) atoms. The molecule has 1 N–H and O–H groups in total. The van der Waals surface area contributed by atoms with E-state index >= 15 is 0 Å². The summed E-state index contributed by atoms with van der Waals surface area (Å²) in [7, 11) is -3.87. The van der Waals surface area contributed by atoms with E-state index < -0.39 is 15.6 Å². The smallest absolute Gasteiger partial charge is 0.410 e. The van der Waals surface area contributed by atoms with Gasteiger partial charge in [-0.05, 0) is 81.8 Å². The van der Waals surface area contributed by atoms with Crippen molar-refractivity contribution in [3.05, 3.63) is 89.7 Å². The summed E-state index contributed by atoms with van der Waals surface area (Å²) in [6.45, 7) is 9.20. The zero-order chi connectivity index (χ0) is 30.8. The molecule has 2 heterocycles. The highest BCUT2D eigenvalue weighted by atomic mass is 32.2. The third-order valence-corrected chi connectivity index (χ3v) is 9.36. The topological polar surface area (TPSA) is 118 Å². The molecule has 2 fully saturated rings. The van der Waals surface area contributed by atoms with Crippen molar-refractivity contribution in [3.63, 3.8) is 0 Å². The summed E-state index contributed by atoms with van der Waals surface area (Å²) >= 11 is 0. The number of amides is 2. The second kappa shape index (κ2) is 12.3. The van der Waals surface area contributed by atoms with Crippen LogP contribution in [-0.4, -0.2) is 65.9 Å². The minimum atomic E-state index is -3.87. The Morgan fingerprint density at radius 2 is 1.65 bits per heavy atom. The predicted octanol–water partition coefficient (Wildman–Crippen LogP) is 4.47. The van der Waals surface area contributed by atoms with Gasteiger partial charge in [0.2, 0.25) is 10.0 Å². The second-order valence-corrected chi connectivity index (χ2v) is 13.8. The minimum Gasteiger partial charge on any atom is -0.494 e. The highest BCUT2D eigenvalue weighted by Crippen LogP contribution is 2.46. The highest BCUT2D eigenvalue weighted by molar-refractivity contribution is 7.89. The van der Waals surface area contributed by atoms with Gasteiger partial charge in [-0.2, -0.15) is 4.31 Å². The Hall–Kier alpha value is -3.96. The van der Waals surface area contributed by atoms with Gasteiger partial charge in [0, 0.05) is 49.3 Å². The molecule has 1 aromatic heterocycles.